The topological polar surface area (TPSA) is 124 Å². The minimum Gasteiger partial charge on any atom is -0.376 e. The molecule has 4 N–H and O–H groups in total. The number of amides is 1. The molecule has 0 spiro atoms. The highest BCUT2D eigenvalue weighted by Gasteiger charge is 2.28. The number of anilines is 2. The van der Waals surface area contributed by atoms with E-state index < -0.39 is 41.0 Å². The number of aromatic amines is 1. The number of aromatic nitrogens is 2. The quantitative estimate of drug-likeness (QED) is 0.273. The molecule has 1 aliphatic heterocycles. The number of fused-ring (bicyclic) bond motifs is 1. The minimum absolute atomic E-state index is 0.00413. The molecule has 1 saturated heterocycles. The largest absolute Gasteiger partial charge is 0.376 e. The number of nitrogens with zero attached hydrogens (tertiary/aromatic N) is 3. The van der Waals surface area contributed by atoms with E-state index in [9.17, 15) is 26.4 Å². The Morgan fingerprint density at radius 1 is 1.05 bits per heavy atom. The Morgan fingerprint density at radius 3 is 2.41 bits per heavy atom. The number of nitrogens with two attached hydrogens (primary N) is 1. The summed E-state index contributed by atoms with van der Waals surface area (Å²) in [4.78, 5) is 16.4. The predicted molar refractivity (Wildman–Crippen MR) is 151 cm³/mol. The van der Waals surface area contributed by atoms with Gasteiger partial charge in [0.2, 0.25) is 9.84 Å². The van der Waals surface area contributed by atoms with Gasteiger partial charge in [-0.25, -0.2) is 21.6 Å². The molecule has 2 heterocycles. The Morgan fingerprint density at radius 2 is 1.76 bits per heavy atom. The molecule has 0 aliphatic carbocycles. The van der Waals surface area contributed by atoms with Crippen molar-refractivity contribution in [3.8, 4) is 11.3 Å². The molecule has 41 heavy (non-hydrogen) atoms. The van der Waals surface area contributed by atoms with Crippen LogP contribution >= 0.6 is 0 Å². The zero-order valence-electron chi connectivity index (χ0n) is 22.2. The lowest BCUT2D eigenvalue weighted by atomic mass is 9.97. The van der Waals surface area contributed by atoms with Gasteiger partial charge in [-0.3, -0.25) is 9.89 Å². The number of H-pyrrole nitrogens is 1. The van der Waals surface area contributed by atoms with Crippen molar-refractivity contribution in [1.82, 2.24) is 15.1 Å². The van der Waals surface area contributed by atoms with Gasteiger partial charge in [-0.05, 0) is 55.6 Å². The molecule has 216 valence electrons. The first-order valence-corrected chi connectivity index (χ1v) is 14.4. The number of carbonyl (C=O) groups is 1. The van der Waals surface area contributed by atoms with Crippen LogP contribution in [0.4, 0.5) is 24.5 Å². The molecule has 0 saturated carbocycles. The number of primary amides is 1. The average Bonchev–Trinajstić information content (AvgIpc) is 3.38. The van der Waals surface area contributed by atoms with Crippen molar-refractivity contribution < 1.29 is 26.4 Å². The van der Waals surface area contributed by atoms with Gasteiger partial charge in [0.15, 0.2) is 0 Å². The first-order chi connectivity index (χ1) is 19.6. The summed E-state index contributed by atoms with van der Waals surface area (Å²) in [5.41, 5.74) is 7.51. The fourth-order valence-corrected chi connectivity index (χ4v) is 6.26. The van der Waals surface area contributed by atoms with E-state index >= 15 is 0 Å². The summed E-state index contributed by atoms with van der Waals surface area (Å²) in [7, 11) is -2.12. The van der Waals surface area contributed by atoms with Crippen LogP contribution in [0.5, 0.6) is 0 Å². The SMILES string of the molecule is CN1CCN(c2ccc(C(N)=O)c(NC(CF)CF)c2-c2n[nH]c3ccc(S(=O)(=O)c4cccc(F)c4)cc23)CC1. The van der Waals surface area contributed by atoms with Crippen LogP contribution in [0.3, 0.4) is 0 Å². The van der Waals surface area contributed by atoms with Gasteiger partial charge in [0, 0.05) is 37.3 Å². The van der Waals surface area contributed by atoms with Crippen LogP contribution < -0.4 is 16.0 Å². The van der Waals surface area contributed by atoms with Crippen molar-refractivity contribution in [2.24, 2.45) is 5.73 Å². The number of rotatable bonds is 9. The van der Waals surface area contributed by atoms with E-state index in [-0.39, 0.29) is 26.7 Å². The number of nitrogens with one attached hydrogen (secondary N) is 2. The zero-order chi connectivity index (χ0) is 29.3. The molecule has 13 heteroatoms. The van der Waals surface area contributed by atoms with Crippen molar-refractivity contribution in [2.45, 2.75) is 15.8 Å². The maximum absolute atomic E-state index is 13.9. The Balaban J connectivity index is 1.76. The molecule has 0 unspecified atom stereocenters. The summed E-state index contributed by atoms with van der Waals surface area (Å²) in [5.74, 6) is -1.51. The fraction of sp³-hybridized carbons (Fsp3) is 0.286. The lowest BCUT2D eigenvalue weighted by molar-refractivity contribution is 0.100. The van der Waals surface area contributed by atoms with E-state index in [0.717, 1.165) is 25.2 Å². The number of piperazine rings is 1. The molecule has 3 aromatic carbocycles. The number of likely N-dealkylation sites (N-methyl/N-ethyl adjacent to an activating group) is 1. The molecule has 1 aromatic heterocycles. The number of hydrogen-bond donors (Lipinski definition) is 3. The van der Waals surface area contributed by atoms with Crippen molar-refractivity contribution in [3.05, 3.63) is 66.0 Å². The van der Waals surface area contributed by atoms with Gasteiger partial charge in [0.25, 0.3) is 5.91 Å². The van der Waals surface area contributed by atoms with E-state index in [4.69, 9.17) is 5.73 Å². The van der Waals surface area contributed by atoms with E-state index in [2.05, 4.69) is 25.3 Å². The van der Waals surface area contributed by atoms with Gasteiger partial charge in [0.1, 0.15) is 24.9 Å². The summed E-state index contributed by atoms with van der Waals surface area (Å²) in [6.45, 7) is 0.629. The van der Waals surface area contributed by atoms with E-state index in [1.807, 2.05) is 7.05 Å². The van der Waals surface area contributed by atoms with Gasteiger partial charge in [-0.15, -0.1) is 0 Å². The highest BCUT2D eigenvalue weighted by Crippen LogP contribution is 2.43. The molecular formula is C28H29F3N6O3S. The molecule has 1 amide bonds. The number of sulfone groups is 1. The first kappa shape index (κ1) is 28.4. The van der Waals surface area contributed by atoms with Crippen molar-refractivity contribution in [1.29, 1.82) is 0 Å². The predicted octanol–water partition coefficient (Wildman–Crippen LogP) is 3.77. The van der Waals surface area contributed by atoms with Gasteiger partial charge in [-0.2, -0.15) is 5.10 Å². The summed E-state index contributed by atoms with van der Waals surface area (Å²) >= 11 is 0. The van der Waals surface area contributed by atoms with Gasteiger partial charge in [0.05, 0.1) is 38.2 Å². The van der Waals surface area contributed by atoms with Crippen LogP contribution in [0.2, 0.25) is 0 Å². The van der Waals surface area contributed by atoms with Gasteiger partial charge >= 0.3 is 0 Å². The van der Waals surface area contributed by atoms with E-state index in [1.54, 1.807) is 6.07 Å². The molecule has 0 atom stereocenters. The van der Waals surface area contributed by atoms with Crippen molar-refractivity contribution >= 4 is 38.0 Å². The zero-order valence-corrected chi connectivity index (χ0v) is 23.0. The third kappa shape index (κ3) is 5.46. The maximum Gasteiger partial charge on any atom is 0.250 e. The Hall–Kier alpha value is -4.10. The molecule has 1 fully saturated rings. The Kier molecular flexibility index (Phi) is 7.91. The van der Waals surface area contributed by atoms with E-state index in [1.165, 1.54) is 36.4 Å². The van der Waals surface area contributed by atoms with Crippen LogP contribution in [0.1, 0.15) is 10.4 Å². The highest BCUT2D eigenvalue weighted by molar-refractivity contribution is 7.91. The second kappa shape index (κ2) is 11.4. The Bertz CT molecular complexity index is 1700. The van der Waals surface area contributed by atoms with Gasteiger partial charge < -0.3 is 20.9 Å². The number of alkyl halides is 2. The minimum atomic E-state index is -4.11. The number of hydrogen-bond acceptors (Lipinski definition) is 7. The van der Waals surface area contributed by atoms with Crippen LogP contribution in [-0.2, 0) is 9.84 Å². The normalized spacial score (nSPS) is 14.6. The summed E-state index contributed by atoms with van der Waals surface area (Å²) in [6, 6.07) is 11.0. The average molecular weight is 587 g/mol. The van der Waals surface area contributed by atoms with Gasteiger partial charge in [-0.1, -0.05) is 6.07 Å². The monoisotopic (exact) mass is 586 g/mol. The molecule has 0 bridgehead atoms. The smallest absolute Gasteiger partial charge is 0.250 e. The molecule has 5 rings (SSSR count). The summed E-state index contributed by atoms with van der Waals surface area (Å²) in [5, 5.41) is 10.5. The molecule has 0 radical (unpaired) electrons. The Labute approximate surface area is 235 Å². The van der Waals surface area contributed by atoms with Crippen molar-refractivity contribution in [2.75, 3.05) is 56.8 Å². The lowest BCUT2D eigenvalue weighted by Gasteiger charge is -2.36. The molecule has 9 nitrogen and oxygen atoms in total. The van der Waals surface area contributed by atoms with Crippen LogP contribution in [0.25, 0.3) is 22.2 Å². The summed E-state index contributed by atoms with van der Waals surface area (Å²) in [6.07, 6.45) is 0. The maximum atomic E-state index is 13.9. The van der Waals surface area contributed by atoms with Crippen LogP contribution in [0, 0.1) is 5.82 Å². The standard InChI is InChI=1S/C28H29F3N6O3S/c1-36-9-11-37(12-10-36)24-8-6-21(28(32)38)26(33-18(15-29)16-30)25(24)27-22-14-20(5-7-23(22)34-35-27)41(39,40)19-4-2-3-17(31)13-19/h2-8,13-14,18,33H,9-12,15-16H2,1H3,(H2,32,38)(H,34,35). The molecular weight excluding hydrogens is 557 g/mol. The number of carbonyl (C=O) groups excluding carboxylic acids is 1. The van der Waals surface area contributed by atoms with Crippen LogP contribution in [-0.4, -0.2) is 82.0 Å². The summed E-state index contributed by atoms with van der Waals surface area (Å²) < 4.78 is 68.1. The van der Waals surface area contributed by atoms with E-state index in [0.29, 0.717) is 35.2 Å². The lowest BCUT2D eigenvalue weighted by Crippen LogP contribution is -2.44. The molecule has 1 aliphatic rings. The van der Waals surface area contributed by atoms with Crippen LogP contribution in [0.15, 0.2) is 64.4 Å². The fourth-order valence-electron chi connectivity index (χ4n) is 4.94. The number of benzene rings is 3. The second-order valence-corrected chi connectivity index (χ2v) is 11.9. The van der Waals surface area contributed by atoms with Crippen molar-refractivity contribution in [3.63, 3.8) is 0 Å². The first-order valence-electron chi connectivity index (χ1n) is 12.9. The third-order valence-corrected chi connectivity index (χ3v) is 8.95. The molecule has 4 aromatic rings. The number of halogens is 3. The third-order valence-electron chi connectivity index (χ3n) is 7.20. The second-order valence-electron chi connectivity index (χ2n) is 9.93. The highest BCUT2D eigenvalue weighted by atomic mass is 32.2.